The minimum Gasteiger partial charge on any atom is -0.456 e. The van der Waals surface area contributed by atoms with Crippen LogP contribution >= 0.6 is 15.9 Å². The van der Waals surface area contributed by atoms with Gasteiger partial charge in [-0.1, -0.05) is 83.6 Å². The lowest BCUT2D eigenvalue weighted by Gasteiger charge is -2.30. The first-order valence-electron chi connectivity index (χ1n) is 10.0. The Bertz CT molecular complexity index is 1380. The van der Waals surface area contributed by atoms with E-state index in [9.17, 15) is 0 Å². The Labute approximate surface area is 178 Å². The fraction of sp³-hybridized carbons (Fsp3) is 0.111. The van der Waals surface area contributed by atoms with Crippen LogP contribution in [-0.2, 0) is 0 Å². The van der Waals surface area contributed by atoms with Crippen LogP contribution in [0.15, 0.2) is 87.8 Å². The van der Waals surface area contributed by atoms with Crippen LogP contribution in [0.4, 0.5) is 0 Å². The Kier molecular flexibility index (Phi) is 3.72. The van der Waals surface area contributed by atoms with Crippen molar-refractivity contribution in [3.63, 3.8) is 0 Å². The highest BCUT2D eigenvalue weighted by Gasteiger charge is 2.26. The van der Waals surface area contributed by atoms with Crippen LogP contribution in [-0.4, -0.2) is 0 Å². The van der Waals surface area contributed by atoms with Crippen LogP contribution in [0.25, 0.3) is 44.7 Å². The van der Waals surface area contributed by atoms with Gasteiger partial charge in [0.1, 0.15) is 11.2 Å². The molecule has 0 saturated carbocycles. The molecular formula is C27H19BrO. The molecule has 4 aromatic rings. The van der Waals surface area contributed by atoms with Crippen LogP contribution < -0.4 is 0 Å². The van der Waals surface area contributed by atoms with E-state index >= 15 is 0 Å². The topological polar surface area (TPSA) is 13.1 Å². The van der Waals surface area contributed by atoms with Crippen LogP contribution in [0.3, 0.4) is 0 Å². The molecule has 2 atom stereocenters. The van der Waals surface area contributed by atoms with E-state index in [1.165, 1.54) is 27.8 Å². The maximum Gasteiger partial charge on any atom is 0.136 e. The zero-order chi connectivity index (χ0) is 19.5. The molecule has 2 heteroatoms. The highest BCUT2D eigenvalue weighted by atomic mass is 79.9. The fourth-order valence-electron chi connectivity index (χ4n) is 4.80. The van der Waals surface area contributed by atoms with Gasteiger partial charge in [-0.3, -0.25) is 0 Å². The molecule has 1 aromatic heterocycles. The lowest BCUT2D eigenvalue weighted by molar-refractivity contribution is 0.620. The van der Waals surface area contributed by atoms with E-state index < -0.39 is 0 Å². The predicted molar refractivity (Wildman–Crippen MR) is 126 cm³/mol. The summed E-state index contributed by atoms with van der Waals surface area (Å²) >= 11 is 3.70. The van der Waals surface area contributed by atoms with E-state index in [1.54, 1.807) is 0 Å². The average molecular weight is 439 g/mol. The van der Waals surface area contributed by atoms with Crippen molar-refractivity contribution in [3.05, 3.63) is 94.5 Å². The van der Waals surface area contributed by atoms with Crippen LogP contribution in [0.2, 0.25) is 0 Å². The van der Waals surface area contributed by atoms with Crippen LogP contribution in [0, 0.1) is 11.8 Å². The Balaban J connectivity index is 1.58. The molecule has 0 N–H and O–H groups in total. The molecule has 0 radical (unpaired) electrons. The molecule has 1 heterocycles. The van der Waals surface area contributed by atoms with E-state index in [4.69, 9.17) is 4.42 Å². The molecule has 0 amide bonds. The van der Waals surface area contributed by atoms with Gasteiger partial charge in [0.2, 0.25) is 0 Å². The van der Waals surface area contributed by atoms with E-state index in [1.807, 2.05) is 12.1 Å². The minimum absolute atomic E-state index is 0.471. The van der Waals surface area contributed by atoms with Gasteiger partial charge in [-0.05, 0) is 58.0 Å². The molecule has 0 saturated heterocycles. The summed E-state index contributed by atoms with van der Waals surface area (Å²) in [6.45, 7) is 2.29. The molecule has 3 aromatic carbocycles. The minimum atomic E-state index is 0.471. The second-order valence-corrected chi connectivity index (χ2v) is 8.80. The fourth-order valence-corrected chi connectivity index (χ4v) is 5.36. The summed E-state index contributed by atoms with van der Waals surface area (Å²) in [5.74, 6) is 1.01. The summed E-state index contributed by atoms with van der Waals surface area (Å²) in [6, 6.07) is 19.3. The summed E-state index contributed by atoms with van der Waals surface area (Å²) in [5, 5.41) is 2.28. The molecular weight excluding hydrogens is 420 g/mol. The predicted octanol–water partition coefficient (Wildman–Crippen LogP) is 8.25. The van der Waals surface area contributed by atoms with Crippen molar-refractivity contribution in [2.75, 3.05) is 0 Å². The molecule has 0 bridgehead atoms. The van der Waals surface area contributed by atoms with E-state index in [0.29, 0.717) is 11.8 Å². The summed E-state index contributed by atoms with van der Waals surface area (Å²) in [7, 11) is 0. The first-order valence-corrected chi connectivity index (χ1v) is 10.8. The second kappa shape index (κ2) is 6.33. The molecule has 1 nitrogen and oxygen atoms in total. The zero-order valence-electron chi connectivity index (χ0n) is 16.0. The van der Waals surface area contributed by atoms with Crippen LogP contribution in [0.1, 0.15) is 18.1 Å². The SMILES string of the molecule is CC1C=CC=C2c3cccc(-c4ccc5oc6cccc(Br)c6c5c4)c3C=CC21. The highest BCUT2D eigenvalue weighted by molar-refractivity contribution is 9.10. The monoisotopic (exact) mass is 438 g/mol. The Morgan fingerprint density at radius 2 is 1.76 bits per heavy atom. The lowest BCUT2D eigenvalue weighted by Crippen LogP contribution is -2.15. The molecule has 0 aliphatic heterocycles. The highest BCUT2D eigenvalue weighted by Crippen LogP contribution is 2.44. The van der Waals surface area contributed by atoms with Crippen molar-refractivity contribution in [1.29, 1.82) is 0 Å². The van der Waals surface area contributed by atoms with Gasteiger partial charge >= 0.3 is 0 Å². The Morgan fingerprint density at radius 1 is 0.897 bits per heavy atom. The molecule has 29 heavy (non-hydrogen) atoms. The van der Waals surface area contributed by atoms with Gasteiger partial charge < -0.3 is 4.42 Å². The first kappa shape index (κ1) is 17.1. The van der Waals surface area contributed by atoms with Gasteiger partial charge in [-0.15, -0.1) is 0 Å². The Hall–Kier alpha value is -2.84. The number of hydrogen-bond donors (Lipinski definition) is 0. The smallest absolute Gasteiger partial charge is 0.136 e. The van der Waals surface area contributed by atoms with Crippen molar-refractivity contribution < 1.29 is 4.42 Å². The molecule has 6 rings (SSSR count). The summed E-state index contributed by atoms with van der Waals surface area (Å²) in [4.78, 5) is 0. The lowest BCUT2D eigenvalue weighted by atomic mass is 9.74. The van der Waals surface area contributed by atoms with Crippen molar-refractivity contribution in [2.24, 2.45) is 11.8 Å². The first-order chi connectivity index (χ1) is 14.2. The van der Waals surface area contributed by atoms with E-state index in [2.05, 4.69) is 95.7 Å². The number of fused-ring (bicyclic) bond motifs is 6. The maximum absolute atomic E-state index is 6.06. The molecule has 0 spiro atoms. The number of allylic oxidation sites excluding steroid dienone is 5. The number of furan rings is 1. The van der Waals surface area contributed by atoms with Gasteiger partial charge in [0, 0.05) is 21.2 Å². The Morgan fingerprint density at radius 3 is 2.69 bits per heavy atom. The van der Waals surface area contributed by atoms with Gasteiger partial charge in [-0.2, -0.15) is 0 Å². The maximum atomic E-state index is 6.06. The van der Waals surface area contributed by atoms with Gasteiger partial charge in [0.15, 0.2) is 0 Å². The van der Waals surface area contributed by atoms with Crippen molar-refractivity contribution >= 4 is 49.5 Å². The van der Waals surface area contributed by atoms with E-state index in [-0.39, 0.29) is 0 Å². The molecule has 2 unspecified atom stereocenters. The normalized spacial score (nSPS) is 20.0. The third kappa shape index (κ3) is 2.52. The average Bonchev–Trinajstić information content (AvgIpc) is 3.12. The van der Waals surface area contributed by atoms with Crippen molar-refractivity contribution in [3.8, 4) is 11.1 Å². The van der Waals surface area contributed by atoms with Crippen molar-refractivity contribution in [1.82, 2.24) is 0 Å². The number of halogens is 1. The van der Waals surface area contributed by atoms with Gasteiger partial charge in [-0.25, -0.2) is 0 Å². The third-order valence-electron chi connectivity index (χ3n) is 6.26. The molecule has 140 valence electrons. The van der Waals surface area contributed by atoms with E-state index in [0.717, 1.165) is 26.4 Å². The molecule has 0 fully saturated rings. The zero-order valence-corrected chi connectivity index (χ0v) is 17.6. The third-order valence-corrected chi connectivity index (χ3v) is 6.92. The summed E-state index contributed by atoms with van der Waals surface area (Å²) in [6.07, 6.45) is 11.5. The standard InChI is InChI=1S/C27H19BrO/c1-16-5-2-7-20-18(16)12-13-22-19(6-3-8-21(20)22)17-11-14-25-23(15-17)27-24(28)9-4-10-26(27)29-25/h2-16,18H,1H3. The van der Waals surface area contributed by atoms with Gasteiger partial charge in [0.25, 0.3) is 0 Å². The largest absolute Gasteiger partial charge is 0.456 e. The molecule has 2 aliphatic rings. The number of benzene rings is 3. The quantitative estimate of drug-likeness (QED) is 0.291. The van der Waals surface area contributed by atoms with Gasteiger partial charge in [0.05, 0.1) is 0 Å². The molecule has 2 aliphatic carbocycles. The van der Waals surface area contributed by atoms with Crippen LogP contribution in [0.5, 0.6) is 0 Å². The number of rotatable bonds is 1. The summed E-state index contributed by atoms with van der Waals surface area (Å²) < 4.78 is 7.13. The second-order valence-electron chi connectivity index (χ2n) is 7.94. The number of hydrogen-bond acceptors (Lipinski definition) is 1. The van der Waals surface area contributed by atoms with Crippen molar-refractivity contribution in [2.45, 2.75) is 6.92 Å². The summed E-state index contributed by atoms with van der Waals surface area (Å²) in [5.41, 5.74) is 8.41.